The van der Waals surface area contributed by atoms with Crippen LogP contribution in [-0.2, 0) is 6.61 Å². The van der Waals surface area contributed by atoms with E-state index in [1.165, 1.54) is 24.7 Å². The molecule has 120 valence electrons. The third kappa shape index (κ3) is 2.75. The van der Waals surface area contributed by atoms with Crippen molar-refractivity contribution in [1.29, 1.82) is 0 Å². The van der Waals surface area contributed by atoms with E-state index in [1.54, 1.807) is 0 Å². The standard InChI is InChI=1S/C17H19ClN4O/c1-10-6-12(11-2-4-19-5-3-11)7-14-15(10)23-8-13-16(18)20-9-21-17(13)22-14/h6-7,9,11,19H,2-5,8H2,1H3,(H,20,21,22). The summed E-state index contributed by atoms with van der Waals surface area (Å²) in [7, 11) is 0. The minimum Gasteiger partial charge on any atom is -0.486 e. The van der Waals surface area contributed by atoms with Gasteiger partial charge in [0.25, 0.3) is 0 Å². The van der Waals surface area contributed by atoms with Crippen LogP contribution in [0.3, 0.4) is 0 Å². The van der Waals surface area contributed by atoms with Crippen molar-refractivity contribution in [3.8, 4) is 5.75 Å². The Labute approximate surface area is 140 Å². The predicted molar refractivity (Wildman–Crippen MR) is 90.7 cm³/mol. The summed E-state index contributed by atoms with van der Waals surface area (Å²) in [5.74, 6) is 2.20. The van der Waals surface area contributed by atoms with Gasteiger partial charge in [0.2, 0.25) is 0 Å². The van der Waals surface area contributed by atoms with Gasteiger partial charge in [0.05, 0.1) is 11.3 Å². The fourth-order valence-corrected chi connectivity index (χ4v) is 3.56. The SMILES string of the molecule is Cc1cc(C2CCNCC2)cc2c1OCc1c(Cl)ncnc1N2. The normalized spacial score (nSPS) is 17.5. The molecule has 1 aromatic carbocycles. The molecule has 0 radical (unpaired) electrons. The van der Waals surface area contributed by atoms with Gasteiger partial charge in [0.1, 0.15) is 29.7 Å². The summed E-state index contributed by atoms with van der Waals surface area (Å²) in [6.07, 6.45) is 3.82. The lowest BCUT2D eigenvalue weighted by atomic mass is 9.89. The molecule has 6 heteroatoms. The summed E-state index contributed by atoms with van der Waals surface area (Å²) in [5.41, 5.74) is 4.27. The smallest absolute Gasteiger partial charge is 0.146 e. The highest BCUT2D eigenvalue weighted by atomic mass is 35.5. The van der Waals surface area contributed by atoms with E-state index in [-0.39, 0.29) is 0 Å². The Balaban J connectivity index is 1.74. The zero-order valence-electron chi connectivity index (χ0n) is 13.0. The van der Waals surface area contributed by atoms with Crippen LogP contribution in [0.2, 0.25) is 5.15 Å². The number of aryl methyl sites for hydroxylation is 1. The Morgan fingerprint density at radius 2 is 2.04 bits per heavy atom. The highest BCUT2D eigenvalue weighted by Crippen LogP contribution is 2.40. The summed E-state index contributed by atoms with van der Waals surface area (Å²) in [6, 6.07) is 4.45. The molecule has 2 aliphatic heterocycles. The van der Waals surface area contributed by atoms with E-state index in [0.29, 0.717) is 17.7 Å². The maximum absolute atomic E-state index is 6.17. The van der Waals surface area contributed by atoms with Gasteiger partial charge in [-0.2, -0.15) is 0 Å². The first kappa shape index (κ1) is 14.7. The van der Waals surface area contributed by atoms with Crippen molar-refractivity contribution in [3.63, 3.8) is 0 Å². The third-order valence-corrected chi connectivity index (χ3v) is 4.94. The molecule has 0 unspecified atom stereocenters. The molecule has 0 aliphatic carbocycles. The molecular weight excluding hydrogens is 312 g/mol. The van der Waals surface area contributed by atoms with E-state index in [9.17, 15) is 0 Å². The zero-order valence-corrected chi connectivity index (χ0v) is 13.8. The molecule has 0 saturated carbocycles. The zero-order chi connectivity index (χ0) is 15.8. The number of piperidine rings is 1. The van der Waals surface area contributed by atoms with E-state index in [4.69, 9.17) is 16.3 Å². The van der Waals surface area contributed by atoms with Crippen LogP contribution >= 0.6 is 11.6 Å². The summed E-state index contributed by atoms with van der Waals surface area (Å²) in [5, 5.41) is 7.24. The van der Waals surface area contributed by atoms with Crippen LogP contribution in [0.1, 0.15) is 35.4 Å². The Morgan fingerprint density at radius 3 is 2.87 bits per heavy atom. The Morgan fingerprint density at radius 1 is 1.22 bits per heavy atom. The van der Waals surface area contributed by atoms with Gasteiger partial charge in [-0.3, -0.25) is 0 Å². The Hall–Kier alpha value is -1.85. The first-order valence-corrected chi connectivity index (χ1v) is 8.34. The number of aromatic nitrogens is 2. The molecule has 1 fully saturated rings. The molecule has 2 aliphatic rings. The second-order valence-electron chi connectivity index (χ2n) is 6.14. The van der Waals surface area contributed by atoms with Gasteiger partial charge in [-0.15, -0.1) is 0 Å². The number of hydrogen-bond acceptors (Lipinski definition) is 5. The average molecular weight is 331 g/mol. The molecule has 0 amide bonds. The number of benzene rings is 1. The van der Waals surface area contributed by atoms with Crippen LogP contribution in [0.15, 0.2) is 18.5 Å². The number of halogens is 1. The van der Waals surface area contributed by atoms with Crippen molar-refractivity contribution < 1.29 is 4.74 Å². The number of nitrogens with one attached hydrogen (secondary N) is 2. The average Bonchev–Trinajstić information content (AvgIpc) is 2.76. The molecule has 0 atom stereocenters. The Bertz CT molecular complexity index is 744. The van der Waals surface area contributed by atoms with Crippen LogP contribution in [0, 0.1) is 6.92 Å². The number of fused-ring (bicyclic) bond motifs is 2. The van der Waals surface area contributed by atoms with Crippen LogP contribution < -0.4 is 15.4 Å². The predicted octanol–water partition coefficient (Wildman–Crippen LogP) is 3.54. The minimum absolute atomic E-state index is 0.378. The molecule has 5 nitrogen and oxygen atoms in total. The lowest BCUT2D eigenvalue weighted by Gasteiger charge is -2.24. The van der Waals surface area contributed by atoms with Crippen LogP contribution in [0.5, 0.6) is 5.75 Å². The molecule has 0 bridgehead atoms. The molecule has 1 aromatic heterocycles. The van der Waals surface area contributed by atoms with Gasteiger partial charge in [0.15, 0.2) is 0 Å². The molecule has 0 spiro atoms. The largest absolute Gasteiger partial charge is 0.486 e. The monoisotopic (exact) mass is 330 g/mol. The fraction of sp³-hybridized carbons (Fsp3) is 0.412. The number of rotatable bonds is 1. The number of anilines is 2. The van der Waals surface area contributed by atoms with Crippen LogP contribution in [0.4, 0.5) is 11.5 Å². The van der Waals surface area contributed by atoms with E-state index >= 15 is 0 Å². The highest BCUT2D eigenvalue weighted by molar-refractivity contribution is 6.30. The van der Waals surface area contributed by atoms with Gasteiger partial charge in [-0.25, -0.2) is 9.97 Å². The van der Waals surface area contributed by atoms with Gasteiger partial charge in [0, 0.05) is 0 Å². The van der Waals surface area contributed by atoms with Crippen molar-refractivity contribution in [1.82, 2.24) is 15.3 Å². The first-order valence-electron chi connectivity index (χ1n) is 7.97. The minimum atomic E-state index is 0.378. The van der Waals surface area contributed by atoms with Gasteiger partial charge < -0.3 is 15.4 Å². The molecule has 4 rings (SSSR count). The van der Waals surface area contributed by atoms with Gasteiger partial charge in [-0.05, 0) is 56.0 Å². The van der Waals surface area contributed by atoms with E-state index in [0.717, 1.165) is 41.5 Å². The number of nitrogens with zero attached hydrogens (tertiary/aromatic N) is 2. The number of ether oxygens (including phenoxy) is 1. The summed E-state index contributed by atoms with van der Waals surface area (Å²) >= 11 is 6.17. The topological polar surface area (TPSA) is 59.1 Å². The van der Waals surface area contributed by atoms with E-state index < -0.39 is 0 Å². The van der Waals surface area contributed by atoms with Gasteiger partial charge in [-0.1, -0.05) is 17.7 Å². The summed E-state index contributed by atoms with van der Waals surface area (Å²) < 4.78 is 5.99. The van der Waals surface area contributed by atoms with E-state index in [2.05, 4.69) is 39.7 Å². The summed E-state index contributed by atoms with van der Waals surface area (Å²) in [6.45, 7) is 4.63. The van der Waals surface area contributed by atoms with Crippen LogP contribution in [-0.4, -0.2) is 23.1 Å². The fourth-order valence-electron chi connectivity index (χ4n) is 3.38. The highest BCUT2D eigenvalue weighted by Gasteiger charge is 2.22. The third-order valence-electron chi connectivity index (χ3n) is 4.61. The molecular formula is C17H19ClN4O. The second-order valence-corrected chi connectivity index (χ2v) is 6.50. The van der Waals surface area contributed by atoms with Crippen molar-refractivity contribution in [2.24, 2.45) is 0 Å². The molecule has 23 heavy (non-hydrogen) atoms. The van der Waals surface area contributed by atoms with Crippen molar-refractivity contribution in [3.05, 3.63) is 40.3 Å². The van der Waals surface area contributed by atoms with Gasteiger partial charge >= 0.3 is 0 Å². The maximum Gasteiger partial charge on any atom is 0.146 e. The molecule has 2 N–H and O–H groups in total. The lowest BCUT2D eigenvalue weighted by molar-refractivity contribution is 0.308. The molecule has 3 heterocycles. The quantitative estimate of drug-likeness (QED) is 0.783. The van der Waals surface area contributed by atoms with Crippen molar-refractivity contribution >= 4 is 23.1 Å². The summed E-state index contributed by atoms with van der Waals surface area (Å²) in [4.78, 5) is 8.35. The molecule has 2 aromatic rings. The van der Waals surface area contributed by atoms with Crippen molar-refractivity contribution in [2.75, 3.05) is 18.4 Å². The first-order chi connectivity index (χ1) is 11.2. The Kier molecular flexibility index (Phi) is 3.83. The number of hydrogen-bond donors (Lipinski definition) is 2. The van der Waals surface area contributed by atoms with Crippen molar-refractivity contribution in [2.45, 2.75) is 32.3 Å². The lowest BCUT2D eigenvalue weighted by Crippen LogP contribution is -2.26. The molecule has 1 saturated heterocycles. The second kappa shape index (κ2) is 5.98. The van der Waals surface area contributed by atoms with E-state index in [1.807, 2.05) is 0 Å². The van der Waals surface area contributed by atoms with Crippen LogP contribution in [0.25, 0.3) is 0 Å². The maximum atomic E-state index is 6.17.